The molecule has 420 valence electrons. The van der Waals surface area contributed by atoms with Crippen LogP contribution in [0.15, 0.2) is 89.4 Å². The summed E-state index contributed by atoms with van der Waals surface area (Å²) in [6.07, 6.45) is 0.536. The number of nitrogens with zero attached hydrogens (tertiary/aromatic N) is 8. The van der Waals surface area contributed by atoms with Crippen molar-refractivity contribution >= 4 is 80.0 Å². The fourth-order valence-corrected chi connectivity index (χ4v) is 11.3. The highest BCUT2D eigenvalue weighted by Gasteiger charge is 2.43. The van der Waals surface area contributed by atoms with Crippen molar-refractivity contribution in [3.8, 4) is 33.1 Å². The van der Waals surface area contributed by atoms with Gasteiger partial charge in [-0.15, -0.1) is 11.3 Å². The van der Waals surface area contributed by atoms with E-state index in [1.165, 1.54) is 28.4 Å². The van der Waals surface area contributed by atoms with Gasteiger partial charge in [0.05, 0.1) is 46.1 Å². The first-order valence-electron chi connectivity index (χ1n) is 26.5. The van der Waals surface area contributed by atoms with Crippen LogP contribution in [0, 0.1) is 25.6 Å². The number of anilines is 2. The average molecular weight is 1130 g/mol. The van der Waals surface area contributed by atoms with E-state index in [0.717, 1.165) is 16.1 Å². The molecule has 0 spiro atoms. The van der Waals surface area contributed by atoms with Crippen molar-refractivity contribution in [3.63, 3.8) is 0 Å². The Bertz CT molecular complexity index is 3440. The Morgan fingerprint density at radius 1 is 1.01 bits per heavy atom. The molecule has 19 nitrogen and oxygen atoms in total. The van der Waals surface area contributed by atoms with Gasteiger partial charge in [-0.2, -0.15) is 4.98 Å². The Morgan fingerprint density at radius 3 is 2.52 bits per heavy atom. The smallest absolute Gasteiger partial charge is 0.246 e. The van der Waals surface area contributed by atoms with Gasteiger partial charge in [0.1, 0.15) is 47.2 Å². The number of aromatic hydroxyl groups is 1. The van der Waals surface area contributed by atoms with Crippen molar-refractivity contribution in [2.24, 2.45) is 5.92 Å². The summed E-state index contributed by atoms with van der Waals surface area (Å²) >= 11 is 8.41. The summed E-state index contributed by atoms with van der Waals surface area (Å²) in [6, 6.07) is 18.5. The second-order valence-corrected chi connectivity index (χ2v) is 21.6. The van der Waals surface area contributed by atoms with Crippen LogP contribution in [0.25, 0.3) is 43.2 Å². The number of fused-ring (bicyclic) bond motifs is 2. The van der Waals surface area contributed by atoms with Gasteiger partial charge in [-0.3, -0.25) is 19.2 Å². The Kier molecular flexibility index (Phi) is 17.9. The number of hydrogen-bond donors (Lipinski definition) is 4. The number of rotatable bonds is 21. The van der Waals surface area contributed by atoms with Crippen LogP contribution in [0.3, 0.4) is 0 Å². The maximum absolute atomic E-state index is 17.1. The van der Waals surface area contributed by atoms with Crippen LogP contribution in [0.1, 0.15) is 55.3 Å². The van der Waals surface area contributed by atoms with E-state index in [0.29, 0.717) is 76.5 Å². The van der Waals surface area contributed by atoms with Crippen LogP contribution in [0.4, 0.5) is 16.2 Å². The fourth-order valence-electron chi connectivity index (χ4n) is 10.2. The zero-order valence-electron chi connectivity index (χ0n) is 45.2. The molecule has 2 fully saturated rings. The van der Waals surface area contributed by atoms with Crippen molar-refractivity contribution in [1.82, 2.24) is 40.1 Å². The lowest BCUT2D eigenvalue weighted by atomic mass is 9.91. The second kappa shape index (κ2) is 25.2. The first kappa shape index (κ1) is 57.0. The number of ether oxygens (including phenoxy) is 2. The van der Waals surface area contributed by atoms with Gasteiger partial charge in [0.25, 0.3) is 0 Å². The molecule has 2 aliphatic rings. The molecule has 0 saturated carbocycles. The number of piperazine rings is 1. The molecule has 4 N–H and O–H groups in total. The minimum atomic E-state index is -0.899. The minimum absolute atomic E-state index is 0.0124. The number of carbonyl (C=O) groups is 4. The number of carbonyl (C=O) groups excluding carboxylic acids is 4. The number of β-amino-alcohol motifs (C(OH)–C–C–N with tert-alkyl or cyclic N) is 1. The standard InChI is InChI=1S/C58H64ClFN10O9S/c1-7-48(73)68-16-18-69(19-17-68)55-43-29-44(59)51(42-27-39(71)25-36-10-8-9-11-41(36)42)52(60)53(43)64-58(65-55)61-15-14-49(74)67(6)20-21-77-22-23-78-46-26-37(54-35(5)63-32-80-54)12-13-38(46)30-62-56(75)45-28-40(72)31-70(45)57(76)50(33(2)3)47-24-34(4)66-79-47/h7-13,24-27,29,32-33,40,45,50,71-72H,1,14-23,28,30-31H2,2-6H3,(H,62,75)(H,61,64,65)/t40-,45+,50+/m1/s1. The molecule has 9 rings (SSSR count). The number of benzene rings is 4. The van der Waals surface area contributed by atoms with E-state index in [2.05, 4.69) is 32.3 Å². The van der Waals surface area contributed by atoms with Crippen molar-refractivity contribution in [2.45, 2.75) is 65.1 Å². The van der Waals surface area contributed by atoms with Crippen molar-refractivity contribution in [1.29, 1.82) is 0 Å². The number of aromatic nitrogens is 4. The maximum Gasteiger partial charge on any atom is 0.246 e. The number of aliphatic hydroxyl groups is 1. The zero-order chi connectivity index (χ0) is 56.8. The topological polar surface area (TPSA) is 229 Å². The van der Waals surface area contributed by atoms with E-state index < -0.39 is 29.8 Å². The maximum atomic E-state index is 17.1. The molecule has 0 radical (unpaired) electrons. The van der Waals surface area contributed by atoms with Crippen LogP contribution in [-0.4, -0.2) is 153 Å². The molecule has 7 aromatic rings. The molecule has 5 heterocycles. The number of aliphatic hydroxyl groups excluding tert-OH is 1. The van der Waals surface area contributed by atoms with Gasteiger partial charge in [-0.1, -0.05) is 73.6 Å². The Labute approximate surface area is 471 Å². The third-order valence-corrected chi connectivity index (χ3v) is 15.7. The summed E-state index contributed by atoms with van der Waals surface area (Å²) in [5, 5.41) is 33.3. The number of likely N-dealkylation sites (tertiary alicyclic amines) is 1. The third kappa shape index (κ3) is 12.7. The van der Waals surface area contributed by atoms with Crippen molar-refractivity contribution in [3.05, 3.63) is 118 Å². The number of aryl methyl sites for hydroxylation is 2. The largest absolute Gasteiger partial charge is 0.508 e. The average Bonchev–Trinajstić information content (AvgIpc) is 4.32. The predicted molar refractivity (Wildman–Crippen MR) is 304 cm³/mol. The van der Waals surface area contributed by atoms with Crippen LogP contribution in [0.5, 0.6) is 11.5 Å². The van der Waals surface area contributed by atoms with Crippen molar-refractivity contribution in [2.75, 3.05) is 82.9 Å². The Hall–Kier alpha value is -7.72. The van der Waals surface area contributed by atoms with Crippen LogP contribution < -0.4 is 20.3 Å². The van der Waals surface area contributed by atoms with E-state index in [-0.39, 0.29) is 110 Å². The summed E-state index contributed by atoms with van der Waals surface area (Å²) in [5.41, 5.74) is 5.29. The Morgan fingerprint density at radius 2 is 1.80 bits per heavy atom. The summed E-state index contributed by atoms with van der Waals surface area (Å²) in [6.45, 7) is 13.7. The molecule has 4 aromatic carbocycles. The molecule has 80 heavy (non-hydrogen) atoms. The lowest BCUT2D eigenvalue weighted by Gasteiger charge is -2.35. The number of phenolic OH excluding ortho intramolecular Hbond substituents is 1. The number of likely N-dealkylation sites (N-methyl/N-ethyl adjacent to an activating group) is 1. The SMILES string of the molecule is C=CC(=O)N1CCN(c2nc(NCCC(=O)N(C)CCOCCOc3cc(-c4scnc4C)ccc3CNC(=O)[C@@H]3C[C@@H](O)CN3C(=O)[C@H](c3cc(C)no3)C(C)C)nc3c(F)c(-c4cc(O)cc5ccccc45)c(Cl)cc23)CC1. The van der Waals surface area contributed by atoms with Gasteiger partial charge in [-0.25, -0.2) is 14.4 Å². The minimum Gasteiger partial charge on any atom is -0.508 e. The quantitative estimate of drug-likeness (QED) is 0.0396. The number of halogens is 2. The molecule has 22 heteroatoms. The van der Waals surface area contributed by atoms with E-state index in [4.69, 9.17) is 30.6 Å². The fraction of sp³-hybridized carbons (Fsp3) is 0.379. The number of thiazole rings is 1. The molecule has 0 aliphatic carbocycles. The highest BCUT2D eigenvalue weighted by Crippen LogP contribution is 2.43. The molecular formula is C58H64ClFN10O9S. The molecule has 0 bridgehead atoms. The van der Waals surface area contributed by atoms with Crippen LogP contribution in [-0.2, 0) is 30.5 Å². The zero-order valence-corrected chi connectivity index (χ0v) is 46.8. The summed E-state index contributed by atoms with van der Waals surface area (Å²) in [5.74, 6) is -1.28. The first-order chi connectivity index (χ1) is 38.5. The van der Waals surface area contributed by atoms with Gasteiger partial charge < -0.3 is 54.4 Å². The van der Waals surface area contributed by atoms with Crippen LogP contribution in [0.2, 0.25) is 5.02 Å². The van der Waals surface area contributed by atoms with E-state index >= 15 is 4.39 Å². The lowest BCUT2D eigenvalue weighted by molar-refractivity contribution is -0.141. The van der Waals surface area contributed by atoms with E-state index in [9.17, 15) is 29.4 Å². The van der Waals surface area contributed by atoms with Gasteiger partial charge in [0, 0.05) is 94.8 Å². The Balaban J connectivity index is 0.811. The highest BCUT2D eigenvalue weighted by atomic mass is 35.5. The van der Waals surface area contributed by atoms with E-state index in [1.54, 1.807) is 47.5 Å². The van der Waals surface area contributed by atoms with Gasteiger partial charge in [0.15, 0.2) is 5.82 Å². The summed E-state index contributed by atoms with van der Waals surface area (Å²) in [7, 11) is 1.67. The third-order valence-electron chi connectivity index (χ3n) is 14.4. The molecule has 4 amide bonds. The van der Waals surface area contributed by atoms with Gasteiger partial charge >= 0.3 is 0 Å². The number of hydrogen-bond acceptors (Lipinski definition) is 16. The predicted octanol–water partition coefficient (Wildman–Crippen LogP) is 7.88. The first-order valence-corrected chi connectivity index (χ1v) is 27.7. The highest BCUT2D eigenvalue weighted by molar-refractivity contribution is 7.13. The molecule has 2 saturated heterocycles. The molecule has 3 aromatic heterocycles. The molecule has 3 atom stereocenters. The lowest BCUT2D eigenvalue weighted by Crippen LogP contribution is -2.48. The second-order valence-electron chi connectivity index (χ2n) is 20.3. The normalized spacial score (nSPS) is 15.9. The monoisotopic (exact) mass is 1130 g/mol. The molecule has 2 aliphatic heterocycles. The van der Waals surface area contributed by atoms with E-state index in [1.807, 2.05) is 68.1 Å². The summed E-state index contributed by atoms with van der Waals surface area (Å²) < 4.78 is 34.8. The number of nitrogens with one attached hydrogen (secondary N) is 2. The van der Waals surface area contributed by atoms with Gasteiger partial charge in [-0.05, 0) is 72.0 Å². The molecular weight excluding hydrogens is 1070 g/mol. The number of phenols is 1. The van der Waals surface area contributed by atoms with Gasteiger partial charge in [0.2, 0.25) is 29.6 Å². The summed E-state index contributed by atoms with van der Waals surface area (Å²) in [4.78, 5) is 75.1. The van der Waals surface area contributed by atoms with Crippen LogP contribution >= 0.6 is 22.9 Å². The number of amides is 4. The van der Waals surface area contributed by atoms with Crippen molar-refractivity contribution < 1.29 is 47.8 Å². The molecule has 0 unspecified atom stereocenters.